The summed E-state index contributed by atoms with van der Waals surface area (Å²) < 4.78 is 29.2. The average Bonchev–Trinajstić information content (AvgIpc) is 2.33. The SMILES string of the molecule is CC(C)(N)C(C)(C)O[B]c1ccc(CO)c(S(C)(=O)=O)c1. The number of nitrogens with two attached hydrogens (primary N) is 1. The van der Waals surface area contributed by atoms with Gasteiger partial charge in [-0.2, -0.15) is 0 Å². The third-order valence-electron chi connectivity index (χ3n) is 3.70. The lowest BCUT2D eigenvalue weighted by Gasteiger charge is -2.38. The van der Waals surface area contributed by atoms with Crippen molar-refractivity contribution in [1.82, 2.24) is 0 Å². The molecule has 0 saturated heterocycles. The highest BCUT2D eigenvalue weighted by molar-refractivity contribution is 7.90. The minimum Gasteiger partial charge on any atom is -0.428 e. The van der Waals surface area contributed by atoms with Crippen molar-refractivity contribution in [2.75, 3.05) is 6.26 Å². The maximum absolute atomic E-state index is 11.7. The van der Waals surface area contributed by atoms with Crippen molar-refractivity contribution < 1.29 is 18.2 Å². The quantitative estimate of drug-likeness (QED) is 0.740. The summed E-state index contributed by atoms with van der Waals surface area (Å²) in [5.41, 5.74) is 5.84. The highest BCUT2D eigenvalue weighted by Crippen LogP contribution is 2.22. The standard InChI is InChI=1S/C14H23BNO4S/c1-13(2,16)14(3,4)20-15-11-7-6-10(9-17)12(8-11)21(5,18)19/h6-8,17H,9,16H2,1-5H3. The Balaban J connectivity index is 3.02. The summed E-state index contributed by atoms with van der Waals surface area (Å²) in [6, 6.07) is 4.76. The first-order valence-corrected chi connectivity index (χ1v) is 8.51. The van der Waals surface area contributed by atoms with E-state index in [1.54, 1.807) is 12.1 Å². The van der Waals surface area contributed by atoms with Crippen LogP contribution in [-0.2, 0) is 21.1 Å². The van der Waals surface area contributed by atoms with Crippen molar-refractivity contribution in [2.45, 2.75) is 50.3 Å². The van der Waals surface area contributed by atoms with Crippen LogP contribution in [0.15, 0.2) is 23.1 Å². The maximum atomic E-state index is 11.7. The highest BCUT2D eigenvalue weighted by atomic mass is 32.2. The van der Waals surface area contributed by atoms with Crippen LogP contribution in [-0.4, -0.2) is 38.4 Å². The van der Waals surface area contributed by atoms with Gasteiger partial charge < -0.3 is 15.5 Å². The van der Waals surface area contributed by atoms with Crippen LogP contribution in [0.4, 0.5) is 0 Å². The molecule has 0 heterocycles. The third kappa shape index (κ3) is 4.54. The maximum Gasteiger partial charge on any atom is 0.330 e. The van der Waals surface area contributed by atoms with E-state index >= 15 is 0 Å². The number of aliphatic hydroxyl groups excluding tert-OH is 1. The Labute approximate surface area is 127 Å². The first kappa shape index (κ1) is 18.2. The van der Waals surface area contributed by atoms with Crippen LogP contribution in [0.3, 0.4) is 0 Å². The molecule has 117 valence electrons. The smallest absolute Gasteiger partial charge is 0.330 e. The molecule has 1 aromatic carbocycles. The van der Waals surface area contributed by atoms with Crippen molar-refractivity contribution in [3.8, 4) is 0 Å². The molecule has 0 fully saturated rings. The minimum absolute atomic E-state index is 0.104. The molecule has 0 aliphatic carbocycles. The fraction of sp³-hybridized carbons (Fsp3) is 0.571. The summed E-state index contributed by atoms with van der Waals surface area (Å²) in [6.07, 6.45) is 1.11. The molecule has 0 bridgehead atoms. The second-order valence-electron chi connectivity index (χ2n) is 6.27. The van der Waals surface area contributed by atoms with Crippen LogP contribution >= 0.6 is 0 Å². The Morgan fingerprint density at radius 1 is 1.29 bits per heavy atom. The van der Waals surface area contributed by atoms with E-state index in [9.17, 15) is 13.5 Å². The molecule has 21 heavy (non-hydrogen) atoms. The first-order chi connectivity index (χ1) is 9.38. The van der Waals surface area contributed by atoms with Crippen LogP contribution in [0, 0.1) is 0 Å². The van der Waals surface area contributed by atoms with E-state index in [1.165, 1.54) is 13.5 Å². The van der Waals surface area contributed by atoms with E-state index in [0.29, 0.717) is 11.0 Å². The molecule has 5 nitrogen and oxygen atoms in total. The Morgan fingerprint density at radius 3 is 2.29 bits per heavy atom. The zero-order valence-corrected chi connectivity index (χ0v) is 14.0. The molecule has 3 N–H and O–H groups in total. The van der Waals surface area contributed by atoms with Gasteiger partial charge in [0.1, 0.15) is 0 Å². The summed E-state index contributed by atoms with van der Waals surface area (Å²) in [6.45, 7) is 7.12. The monoisotopic (exact) mass is 312 g/mol. The van der Waals surface area contributed by atoms with Gasteiger partial charge in [-0.05, 0) is 39.3 Å². The van der Waals surface area contributed by atoms with Crippen LogP contribution in [0.5, 0.6) is 0 Å². The van der Waals surface area contributed by atoms with Crippen molar-refractivity contribution in [2.24, 2.45) is 5.73 Å². The van der Waals surface area contributed by atoms with Crippen molar-refractivity contribution in [1.29, 1.82) is 0 Å². The Hall–Kier alpha value is -0.885. The molecular weight excluding hydrogens is 289 g/mol. The van der Waals surface area contributed by atoms with Gasteiger partial charge in [0.15, 0.2) is 9.84 Å². The summed E-state index contributed by atoms with van der Waals surface area (Å²) in [5, 5.41) is 9.22. The van der Waals surface area contributed by atoms with E-state index in [1.807, 2.05) is 27.7 Å². The predicted molar refractivity (Wildman–Crippen MR) is 84.3 cm³/mol. The molecule has 0 unspecified atom stereocenters. The van der Waals surface area contributed by atoms with E-state index in [-0.39, 0.29) is 11.5 Å². The molecule has 0 amide bonds. The van der Waals surface area contributed by atoms with Gasteiger partial charge in [-0.1, -0.05) is 17.6 Å². The van der Waals surface area contributed by atoms with Gasteiger partial charge in [0, 0.05) is 11.8 Å². The lowest BCUT2D eigenvalue weighted by molar-refractivity contribution is 0.0462. The van der Waals surface area contributed by atoms with E-state index in [0.717, 1.165) is 6.26 Å². The zero-order valence-electron chi connectivity index (χ0n) is 13.2. The molecule has 0 spiro atoms. The van der Waals surface area contributed by atoms with Gasteiger partial charge in [-0.3, -0.25) is 0 Å². The molecule has 0 atom stereocenters. The van der Waals surface area contributed by atoms with Crippen molar-refractivity contribution >= 4 is 22.8 Å². The topological polar surface area (TPSA) is 89.6 Å². The van der Waals surface area contributed by atoms with E-state index in [4.69, 9.17) is 10.4 Å². The summed E-state index contributed by atoms with van der Waals surface area (Å²) in [5.74, 6) is 0. The fourth-order valence-corrected chi connectivity index (χ4v) is 2.45. The highest BCUT2D eigenvalue weighted by Gasteiger charge is 2.34. The molecule has 7 heteroatoms. The second-order valence-corrected chi connectivity index (χ2v) is 8.25. The van der Waals surface area contributed by atoms with E-state index in [2.05, 4.69) is 0 Å². The second kappa shape index (κ2) is 6.08. The van der Waals surface area contributed by atoms with Gasteiger partial charge in [0.2, 0.25) is 0 Å². The van der Waals surface area contributed by atoms with Gasteiger partial charge >= 0.3 is 7.48 Å². The Kier molecular flexibility index (Phi) is 5.26. The van der Waals surface area contributed by atoms with Gasteiger partial charge in [0.05, 0.1) is 17.1 Å². The molecule has 1 aromatic rings. The number of sulfone groups is 1. The number of rotatable bonds is 6. The van der Waals surface area contributed by atoms with Crippen LogP contribution in [0.25, 0.3) is 0 Å². The molecule has 0 aromatic heterocycles. The lowest BCUT2D eigenvalue weighted by Crippen LogP contribution is -2.55. The Morgan fingerprint density at radius 2 is 1.86 bits per heavy atom. The molecule has 1 radical (unpaired) electrons. The van der Waals surface area contributed by atoms with E-state index < -0.39 is 21.0 Å². The molecule has 0 saturated carbocycles. The fourth-order valence-electron chi connectivity index (χ4n) is 1.49. The zero-order chi connectivity index (χ0) is 16.5. The van der Waals surface area contributed by atoms with Gasteiger partial charge in [0.25, 0.3) is 0 Å². The largest absolute Gasteiger partial charge is 0.428 e. The van der Waals surface area contributed by atoms with Gasteiger partial charge in [-0.15, -0.1) is 0 Å². The normalized spacial score (nSPS) is 13.3. The summed E-state index contributed by atoms with van der Waals surface area (Å²) in [4.78, 5) is 0.104. The minimum atomic E-state index is -3.41. The summed E-state index contributed by atoms with van der Waals surface area (Å²) in [7, 11) is -1.92. The Bertz CT molecular complexity index is 606. The predicted octanol–water partition coefficient (Wildman–Crippen LogP) is 0.359. The molecule has 0 aliphatic heterocycles. The summed E-state index contributed by atoms with van der Waals surface area (Å²) >= 11 is 0. The third-order valence-corrected chi connectivity index (χ3v) is 4.88. The average molecular weight is 312 g/mol. The van der Waals surface area contributed by atoms with Crippen LogP contribution in [0.1, 0.15) is 33.3 Å². The van der Waals surface area contributed by atoms with Crippen molar-refractivity contribution in [3.63, 3.8) is 0 Å². The number of hydrogen-bond acceptors (Lipinski definition) is 5. The van der Waals surface area contributed by atoms with Crippen LogP contribution < -0.4 is 11.2 Å². The lowest BCUT2D eigenvalue weighted by atomic mass is 9.81. The van der Waals surface area contributed by atoms with Crippen molar-refractivity contribution in [3.05, 3.63) is 23.8 Å². The van der Waals surface area contributed by atoms with Crippen LogP contribution in [0.2, 0.25) is 0 Å². The molecule has 0 aliphatic rings. The number of benzene rings is 1. The number of aliphatic hydroxyl groups is 1. The first-order valence-electron chi connectivity index (χ1n) is 6.62. The molecule has 1 rings (SSSR count). The molecular formula is C14H23BNO4S. The van der Waals surface area contributed by atoms with Gasteiger partial charge in [-0.25, -0.2) is 8.42 Å². The number of hydrogen-bond donors (Lipinski definition) is 2.